The Labute approximate surface area is 143 Å². The molecular weight excluding hydrogens is 325 g/mol. The summed E-state index contributed by atoms with van der Waals surface area (Å²) in [6.45, 7) is 0. The second-order valence-corrected chi connectivity index (χ2v) is 5.31. The van der Waals surface area contributed by atoms with Crippen LogP contribution >= 0.6 is 0 Å². The van der Waals surface area contributed by atoms with E-state index in [1.165, 1.54) is 18.5 Å². The minimum atomic E-state index is -0.855. The van der Waals surface area contributed by atoms with Gasteiger partial charge in [-0.15, -0.1) is 0 Å². The van der Waals surface area contributed by atoms with Crippen LogP contribution in [0.5, 0.6) is 5.75 Å². The Bertz CT molecular complexity index is 931. The number of para-hydroxylation sites is 1. The highest BCUT2D eigenvalue weighted by molar-refractivity contribution is 5.67. The number of aromatic nitrogens is 2. The molecule has 0 N–H and O–H groups in total. The van der Waals surface area contributed by atoms with Gasteiger partial charge < -0.3 is 4.74 Å². The van der Waals surface area contributed by atoms with E-state index in [1.54, 1.807) is 13.2 Å². The van der Waals surface area contributed by atoms with E-state index in [4.69, 9.17) is 4.74 Å². The van der Waals surface area contributed by atoms with Gasteiger partial charge in [-0.25, -0.2) is 9.97 Å². The van der Waals surface area contributed by atoms with Crippen LogP contribution in [-0.2, 0) is 6.42 Å². The molecule has 0 radical (unpaired) electrons. The number of hydrogen-bond donors (Lipinski definition) is 0. The Hall–Kier alpha value is -3.35. The summed E-state index contributed by atoms with van der Waals surface area (Å²) in [4.78, 5) is 18.6. The van der Waals surface area contributed by atoms with Gasteiger partial charge >= 0.3 is 5.69 Å². The van der Waals surface area contributed by atoms with Gasteiger partial charge in [0.25, 0.3) is 0 Å². The zero-order chi connectivity index (χ0) is 17.8. The van der Waals surface area contributed by atoms with Crippen LogP contribution in [0.15, 0.2) is 54.9 Å². The van der Waals surface area contributed by atoms with Crippen molar-refractivity contribution in [3.8, 4) is 17.0 Å². The zero-order valence-electron chi connectivity index (χ0n) is 13.3. The molecule has 1 aromatic heterocycles. The molecule has 7 heteroatoms. The van der Waals surface area contributed by atoms with Crippen LogP contribution in [0.2, 0.25) is 0 Å². The van der Waals surface area contributed by atoms with Crippen LogP contribution in [0.4, 0.5) is 10.1 Å². The molecule has 3 rings (SSSR count). The molecule has 0 atom stereocenters. The van der Waals surface area contributed by atoms with Gasteiger partial charge in [-0.05, 0) is 29.8 Å². The number of hydrogen-bond acceptors (Lipinski definition) is 5. The maximum absolute atomic E-state index is 13.4. The maximum atomic E-state index is 13.4. The minimum absolute atomic E-state index is 0.325. The van der Waals surface area contributed by atoms with Gasteiger partial charge in [0.05, 0.1) is 17.7 Å². The van der Waals surface area contributed by atoms with Crippen LogP contribution < -0.4 is 4.74 Å². The summed E-state index contributed by atoms with van der Waals surface area (Å²) in [5.41, 5.74) is 2.21. The van der Waals surface area contributed by atoms with Gasteiger partial charge in [-0.1, -0.05) is 18.2 Å². The molecule has 0 saturated carbocycles. The molecular formula is C18H14FN3O3. The Kier molecular flexibility index (Phi) is 4.65. The van der Waals surface area contributed by atoms with Crippen molar-refractivity contribution < 1.29 is 14.1 Å². The van der Waals surface area contributed by atoms with Gasteiger partial charge in [-0.2, -0.15) is 4.39 Å². The van der Waals surface area contributed by atoms with E-state index in [2.05, 4.69) is 9.97 Å². The number of rotatable bonds is 5. The van der Waals surface area contributed by atoms with E-state index in [9.17, 15) is 14.5 Å². The lowest BCUT2D eigenvalue weighted by molar-refractivity contribution is -0.387. The molecule has 2 aromatic carbocycles. The van der Waals surface area contributed by atoms with Gasteiger partial charge in [0.2, 0.25) is 5.82 Å². The normalized spacial score (nSPS) is 10.5. The van der Waals surface area contributed by atoms with E-state index in [0.717, 1.165) is 11.6 Å². The molecule has 126 valence electrons. The van der Waals surface area contributed by atoms with Crippen LogP contribution in [0.25, 0.3) is 11.3 Å². The van der Waals surface area contributed by atoms with Gasteiger partial charge in [0.15, 0.2) is 0 Å². The van der Waals surface area contributed by atoms with Crippen molar-refractivity contribution in [2.75, 3.05) is 7.11 Å². The highest BCUT2D eigenvalue weighted by Crippen LogP contribution is 2.28. The zero-order valence-corrected chi connectivity index (χ0v) is 13.3. The van der Waals surface area contributed by atoms with Gasteiger partial charge in [0.1, 0.15) is 12.1 Å². The monoisotopic (exact) mass is 339 g/mol. The molecule has 3 aromatic rings. The Morgan fingerprint density at radius 3 is 2.72 bits per heavy atom. The topological polar surface area (TPSA) is 78.2 Å². The van der Waals surface area contributed by atoms with Crippen molar-refractivity contribution in [2.24, 2.45) is 0 Å². The van der Waals surface area contributed by atoms with E-state index >= 15 is 0 Å². The van der Waals surface area contributed by atoms with Crippen molar-refractivity contribution in [3.05, 3.63) is 82.0 Å². The van der Waals surface area contributed by atoms with Crippen LogP contribution in [0.3, 0.4) is 0 Å². The molecule has 0 spiro atoms. The number of methoxy groups -OCH3 is 1. The second-order valence-electron chi connectivity index (χ2n) is 5.31. The third kappa shape index (κ3) is 3.60. The van der Waals surface area contributed by atoms with Crippen LogP contribution in [0.1, 0.15) is 11.3 Å². The third-order valence-corrected chi connectivity index (χ3v) is 3.70. The lowest BCUT2D eigenvalue weighted by atomic mass is 10.1. The van der Waals surface area contributed by atoms with Crippen molar-refractivity contribution in [2.45, 2.75) is 6.42 Å². The van der Waals surface area contributed by atoms with Crippen molar-refractivity contribution in [1.82, 2.24) is 9.97 Å². The first-order chi connectivity index (χ1) is 12.1. The molecule has 0 aliphatic carbocycles. The lowest BCUT2D eigenvalue weighted by Crippen LogP contribution is -1.98. The number of benzene rings is 2. The summed E-state index contributed by atoms with van der Waals surface area (Å²) >= 11 is 0. The molecule has 0 bridgehead atoms. The fraction of sp³-hybridized carbons (Fsp3) is 0.111. The number of nitro groups is 1. The molecule has 6 nitrogen and oxygen atoms in total. The summed E-state index contributed by atoms with van der Waals surface area (Å²) in [7, 11) is 1.58. The average Bonchev–Trinajstić information content (AvgIpc) is 2.63. The summed E-state index contributed by atoms with van der Waals surface area (Å²) in [6.07, 6.45) is 1.75. The molecule has 0 aliphatic heterocycles. The molecule has 0 fully saturated rings. The molecule has 0 saturated heterocycles. The van der Waals surface area contributed by atoms with Crippen LogP contribution in [0, 0.1) is 15.9 Å². The van der Waals surface area contributed by atoms with Crippen LogP contribution in [-0.4, -0.2) is 22.0 Å². The smallest absolute Gasteiger partial charge is 0.305 e. The highest BCUT2D eigenvalue weighted by atomic mass is 19.1. The first kappa shape index (κ1) is 16.5. The predicted octanol–water partition coefficient (Wildman–Crippen LogP) is 3.79. The minimum Gasteiger partial charge on any atom is -0.496 e. The Morgan fingerprint density at radius 2 is 1.96 bits per heavy atom. The SMILES string of the molecule is COc1ccccc1-c1cc(Cc2ccc(F)c([N+](=O)[O-])c2)ncn1. The van der Waals surface area contributed by atoms with E-state index < -0.39 is 16.4 Å². The predicted molar refractivity (Wildman–Crippen MR) is 89.9 cm³/mol. The fourth-order valence-corrected chi connectivity index (χ4v) is 2.52. The maximum Gasteiger partial charge on any atom is 0.305 e. The van der Waals surface area contributed by atoms with E-state index in [0.29, 0.717) is 29.1 Å². The number of nitro benzene ring substituents is 1. The standard InChI is InChI=1S/C18H14FN3O3/c1-25-18-5-3-2-4-14(18)16-10-13(20-11-21-16)8-12-6-7-15(19)17(9-12)22(23)24/h2-7,9-11H,8H2,1H3. The molecule has 25 heavy (non-hydrogen) atoms. The highest BCUT2D eigenvalue weighted by Gasteiger charge is 2.15. The number of halogens is 1. The Balaban J connectivity index is 1.93. The average molecular weight is 339 g/mol. The second kappa shape index (κ2) is 7.04. The Morgan fingerprint density at radius 1 is 1.16 bits per heavy atom. The summed E-state index contributed by atoms with van der Waals surface area (Å²) in [6, 6.07) is 13.1. The summed E-state index contributed by atoms with van der Waals surface area (Å²) in [5, 5.41) is 10.9. The van der Waals surface area contributed by atoms with Gasteiger partial charge in [0, 0.05) is 23.7 Å². The van der Waals surface area contributed by atoms with Crippen molar-refractivity contribution in [1.29, 1.82) is 0 Å². The lowest BCUT2D eigenvalue weighted by Gasteiger charge is -2.08. The molecule has 0 unspecified atom stereocenters. The molecule has 0 amide bonds. The van der Waals surface area contributed by atoms with E-state index in [-0.39, 0.29) is 0 Å². The van der Waals surface area contributed by atoms with Gasteiger partial charge in [-0.3, -0.25) is 10.1 Å². The summed E-state index contributed by atoms with van der Waals surface area (Å²) < 4.78 is 18.8. The first-order valence-electron chi connectivity index (χ1n) is 7.45. The van der Waals surface area contributed by atoms with Crippen molar-refractivity contribution >= 4 is 5.69 Å². The largest absolute Gasteiger partial charge is 0.496 e. The third-order valence-electron chi connectivity index (χ3n) is 3.70. The number of ether oxygens (including phenoxy) is 1. The quantitative estimate of drug-likeness (QED) is 0.522. The van der Waals surface area contributed by atoms with E-state index in [1.807, 2.05) is 24.3 Å². The first-order valence-corrected chi connectivity index (χ1v) is 7.45. The summed E-state index contributed by atoms with van der Waals surface area (Å²) in [5.74, 6) is -0.171. The molecule has 0 aliphatic rings. The van der Waals surface area contributed by atoms with Crippen molar-refractivity contribution in [3.63, 3.8) is 0 Å². The number of nitrogens with zero attached hydrogens (tertiary/aromatic N) is 3. The molecule has 1 heterocycles. The fourth-order valence-electron chi connectivity index (χ4n) is 2.52.